The number of carboxylic acid groups (broad SMARTS) is 1. The number of fused-ring (bicyclic) bond motifs is 2. The molecule has 1 aromatic carbocycles. The number of nitrogens with one attached hydrogen (secondary N) is 4. The van der Waals surface area contributed by atoms with Crippen LogP contribution in [0.15, 0.2) is 47.3 Å². The molecule has 24 heteroatoms. The van der Waals surface area contributed by atoms with Crippen LogP contribution in [-0.2, 0) is 60.8 Å². The number of rotatable bonds is 31. The summed E-state index contributed by atoms with van der Waals surface area (Å²) in [5, 5.41) is 24.8. The number of benzene rings is 1. The lowest BCUT2D eigenvalue weighted by atomic mass is 9.93. The summed E-state index contributed by atoms with van der Waals surface area (Å²) in [7, 11) is 0. The number of amides is 5. The Kier molecular flexibility index (Phi) is 20.8. The van der Waals surface area contributed by atoms with Crippen molar-refractivity contribution in [2.24, 2.45) is 11.1 Å². The minimum atomic E-state index is -1.16. The van der Waals surface area contributed by atoms with Crippen molar-refractivity contribution < 1.29 is 57.6 Å². The maximum atomic E-state index is 14.3. The van der Waals surface area contributed by atoms with E-state index in [-0.39, 0.29) is 144 Å². The average molecular weight is 1080 g/mol. The fourth-order valence-electron chi connectivity index (χ4n) is 8.55. The minimum Gasteiger partial charge on any atom is -0.480 e. The van der Waals surface area contributed by atoms with Gasteiger partial charge in [0.2, 0.25) is 29.5 Å². The molecule has 1 saturated heterocycles. The van der Waals surface area contributed by atoms with Gasteiger partial charge in [-0.3, -0.25) is 38.2 Å². The van der Waals surface area contributed by atoms with E-state index < -0.39 is 18.1 Å². The summed E-state index contributed by atoms with van der Waals surface area (Å²) in [4.78, 5) is 103. The third kappa shape index (κ3) is 16.1. The first kappa shape index (κ1) is 56.0. The molecule has 0 unspecified atom stereocenters. The molecule has 1 aliphatic carbocycles. The van der Waals surface area contributed by atoms with Gasteiger partial charge in [-0.25, -0.2) is 15.0 Å². The number of aryl methyl sites for hydroxylation is 1. The van der Waals surface area contributed by atoms with Gasteiger partial charge < -0.3 is 56.0 Å². The Bertz CT molecular complexity index is 2600. The van der Waals surface area contributed by atoms with Crippen LogP contribution >= 0.6 is 15.9 Å². The van der Waals surface area contributed by atoms with E-state index in [9.17, 15) is 33.6 Å². The number of nitrogens with two attached hydrogens (primary N) is 1. The highest BCUT2D eigenvalue weighted by Gasteiger charge is 2.66. The predicted octanol–water partition coefficient (Wildman–Crippen LogP) is 2.46. The first-order chi connectivity index (χ1) is 35.1. The van der Waals surface area contributed by atoms with Gasteiger partial charge in [-0.15, -0.1) is 0 Å². The van der Waals surface area contributed by atoms with Crippen molar-refractivity contribution in [2.45, 2.75) is 96.9 Å². The number of carboxylic acids is 1. The lowest BCUT2D eigenvalue weighted by Gasteiger charge is -2.27. The number of anilines is 1. The zero-order chi connectivity index (χ0) is 52.5. The van der Waals surface area contributed by atoms with E-state index in [4.69, 9.17) is 29.8 Å². The van der Waals surface area contributed by atoms with Crippen LogP contribution in [0, 0.1) is 12.3 Å². The molecule has 2 fully saturated rings. The molecule has 1 aliphatic heterocycles. The van der Waals surface area contributed by atoms with Gasteiger partial charge in [-0.05, 0) is 83.3 Å². The molecule has 4 heterocycles. The second-order valence-electron chi connectivity index (χ2n) is 18.0. The Hall–Kier alpha value is -6.31. The summed E-state index contributed by atoms with van der Waals surface area (Å²) >= 11 is 3.38. The number of piperidine rings is 1. The zero-order valence-corrected chi connectivity index (χ0v) is 42.9. The number of carbonyl (C=O) groups excluding carboxylic acids is 6. The number of aliphatic carboxylic acids is 1. The summed E-state index contributed by atoms with van der Waals surface area (Å²) in [5.74, 6) is -2.19. The number of pyridine rings is 1. The number of hydrogen-bond acceptors (Lipinski definition) is 16. The van der Waals surface area contributed by atoms with E-state index in [0.29, 0.717) is 44.7 Å². The van der Waals surface area contributed by atoms with Gasteiger partial charge >= 0.3 is 5.97 Å². The van der Waals surface area contributed by atoms with Gasteiger partial charge in [0, 0.05) is 55.8 Å². The Morgan fingerprint density at radius 2 is 1.52 bits per heavy atom. The second kappa shape index (κ2) is 27.1. The molecule has 0 spiro atoms. The van der Waals surface area contributed by atoms with Gasteiger partial charge in [0.1, 0.15) is 53.8 Å². The van der Waals surface area contributed by atoms with Gasteiger partial charge in [-0.2, -0.15) is 5.10 Å². The number of unbranched alkanes of at least 4 members (excludes halogenated alkanes) is 1. The second-order valence-corrected chi connectivity index (χ2v) is 18.8. The Balaban J connectivity index is 0.879. The van der Waals surface area contributed by atoms with E-state index in [1.165, 1.54) is 11.6 Å². The summed E-state index contributed by atoms with van der Waals surface area (Å²) in [5.41, 5.74) is 8.24. The fraction of sp³-hybridized carbons (Fsp3) is 0.531. The smallest absolute Gasteiger partial charge is 0.320 e. The molecule has 5 amide bonds. The molecule has 4 aromatic rings. The third-order valence-electron chi connectivity index (χ3n) is 12.5. The molecule has 3 aromatic heterocycles. The first-order valence-corrected chi connectivity index (χ1v) is 25.1. The maximum Gasteiger partial charge on any atom is 0.320 e. The highest BCUT2D eigenvalue weighted by Crippen LogP contribution is 2.62. The number of ketones is 1. The van der Waals surface area contributed by atoms with Crippen molar-refractivity contribution in [1.82, 2.24) is 45.6 Å². The van der Waals surface area contributed by atoms with Crippen LogP contribution in [0.5, 0.6) is 0 Å². The molecule has 23 nitrogen and oxygen atoms in total. The topological polar surface area (TPSA) is 311 Å². The summed E-state index contributed by atoms with van der Waals surface area (Å²) in [6.07, 6.45) is 7.64. The molecule has 4 atom stereocenters. The SMILES string of the molecule is CCCC[C@@]12C[C@@H](C(=O)Nc3nc(Br)ccc3C)N(C(=O)Cn3nc(C(C)=O)c4cc(-c5cnc(CNC(=O)COCCOCCNC(=O)COCCOCCNC(=O)CC[C@H](N)C(=O)O)nc5)ccc43)[C@@H]1C2. The Morgan fingerprint density at radius 1 is 0.863 bits per heavy atom. The number of nitrogens with zero attached hydrogens (tertiary/aromatic N) is 6. The van der Waals surface area contributed by atoms with Crippen LogP contribution in [0.2, 0.25) is 0 Å². The van der Waals surface area contributed by atoms with Gasteiger partial charge in [0.15, 0.2) is 5.78 Å². The van der Waals surface area contributed by atoms with Crippen molar-refractivity contribution in [1.29, 1.82) is 0 Å². The van der Waals surface area contributed by atoms with Crippen LogP contribution in [0.1, 0.15) is 80.7 Å². The third-order valence-corrected chi connectivity index (χ3v) is 13.0. The number of halogens is 1. The normalized spacial score (nSPS) is 17.2. The first-order valence-electron chi connectivity index (χ1n) is 24.3. The Labute approximate surface area is 430 Å². The van der Waals surface area contributed by atoms with Crippen LogP contribution in [0.4, 0.5) is 5.82 Å². The van der Waals surface area contributed by atoms with Crippen LogP contribution in [0.25, 0.3) is 22.0 Å². The number of aromatic nitrogens is 5. The van der Waals surface area contributed by atoms with Crippen molar-refractivity contribution in [3.05, 3.63) is 64.4 Å². The van der Waals surface area contributed by atoms with E-state index in [2.05, 4.69) is 64.2 Å². The largest absolute Gasteiger partial charge is 0.480 e. The van der Waals surface area contributed by atoms with Crippen molar-refractivity contribution >= 4 is 73.9 Å². The van der Waals surface area contributed by atoms with Gasteiger partial charge in [0.25, 0.3) is 0 Å². The molecular weight excluding hydrogens is 1010 g/mol. The minimum absolute atomic E-state index is 0.000218. The molecule has 6 rings (SSSR count). The van der Waals surface area contributed by atoms with Crippen molar-refractivity contribution in [3.63, 3.8) is 0 Å². The molecule has 394 valence electrons. The summed E-state index contributed by atoms with van der Waals surface area (Å²) in [6.45, 7) is 6.57. The lowest BCUT2D eigenvalue weighted by molar-refractivity contribution is -0.139. The Morgan fingerprint density at radius 3 is 2.18 bits per heavy atom. The number of hydrogen-bond donors (Lipinski definition) is 6. The number of likely N-dealkylation sites (tertiary alicyclic amines) is 1. The van der Waals surface area contributed by atoms with Crippen molar-refractivity contribution in [3.8, 4) is 11.1 Å². The van der Waals surface area contributed by atoms with E-state index in [1.807, 2.05) is 25.1 Å². The molecule has 73 heavy (non-hydrogen) atoms. The van der Waals surface area contributed by atoms with Crippen LogP contribution in [-0.4, -0.2) is 160 Å². The summed E-state index contributed by atoms with van der Waals surface area (Å²) in [6, 6.07) is 7.30. The standard InChI is InChI=1S/C49H64BrN11O12/c1-4-5-12-49-22-37(47(67)58-46-30(2)6-10-39(50)57-46)61(38(49)23-49)44(66)27-60-36-9-7-32(21-34(36)45(59-60)31(3)62)33-24-54-40(55-25-33)26-56-43(65)29-73-20-18-71-16-14-53-42(64)28-72-19-17-70-15-13-52-41(63)11-8-35(51)48(68)69/h6-7,9-10,21,24-25,35,37-38H,4-5,8,11-20,22-23,26-29,51H2,1-3H3,(H,52,63)(H,53,64)(H,56,65)(H,68,69)(H,57,58,67)/t35-,37-,38+,49-/m0/s1. The molecular formula is C49H64BrN11O12. The number of carbonyl (C=O) groups is 7. The van der Waals surface area contributed by atoms with Gasteiger partial charge in [0.05, 0.1) is 51.7 Å². The summed E-state index contributed by atoms with van der Waals surface area (Å²) < 4.78 is 23.5. The maximum absolute atomic E-state index is 14.3. The monoisotopic (exact) mass is 1080 g/mol. The van der Waals surface area contributed by atoms with E-state index in [0.717, 1.165) is 31.2 Å². The highest BCUT2D eigenvalue weighted by molar-refractivity contribution is 9.10. The zero-order valence-electron chi connectivity index (χ0n) is 41.3. The highest BCUT2D eigenvalue weighted by atomic mass is 79.9. The molecule has 0 radical (unpaired) electrons. The van der Waals surface area contributed by atoms with Crippen LogP contribution in [0.3, 0.4) is 0 Å². The number of ether oxygens (including phenoxy) is 4. The fourth-order valence-corrected chi connectivity index (χ4v) is 8.86. The average Bonchev–Trinajstić information content (AvgIpc) is 3.79. The molecule has 7 N–H and O–H groups in total. The van der Waals surface area contributed by atoms with Gasteiger partial charge in [-0.1, -0.05) is 31.9 Å². The van der Waals surface area contributed by atoms with E-state index >= 15 is 0 Å². The predicted molar refractivity (Wildman–Crippen MR) is 268 cm³/mol. The van der Waals surface area contributed by atoms with Crippen molar-refractivity contribution in [2.75, 3.05) is 71.3 Å². The lowest BCUT2D eigenvalue weighted by Crippen LogP contribution is -2.47. The molecule has 0 bridgehead atoms. The molecule has 2 aliphatic rings. The quantitative estimate of drug-likeness (QED) is 0.0240. The molecule has 1 saturated carbocycles. The number of Topliss-reactive ketones (excluding diaryl/α,β-unsaturated/α-hetero) is 1. The van der Waals surface area contributed by atoms with Crippen LogP contribution < -0.4 is 27.0 Å². The van der Waals surface area contributed by atoms with E-state index in [1.54, 1.807) is 29.4 Å².